The highest BCUT2D eigenvalue weighted by Crippen LogP contribution is 2.24. The van der Waals surface area contributed by atoms with E-state index in [1.807, 2.05) is 25.6 Å². The van der Waals surface area contributed by atoms with Crippen LogP contribution in [0.5, 0.6) is 0 Å². The van der Waals surface area contributed by atoms with Crippen LogP contribution in [0.25, 0.3) is 5.69 Å². The van der Waals surface area contributed by atoms with Crippen LogP contribution in [-0.2, 0) is 4.79 Å². The second-order valence-electron chi connectivity index (χ2n) is 7.95. The number of piperidine rings is 1. The molecule has 2 heterocycles. The molecule has 1 amide bonds. The van der Waals surface area contributed by atoms with Gasteiger partial charge in [0.05, 0.1) is 29.3 Å². The Morgan fingerprint density at radius 2 is 1.79 bits per heavy atom. The van der Waals surface area contributed by atoms with Crippen molar-refractivity contribution in [2.24, 2.45) is 5.92 Å². The molecule has 1 aromatic carbocycles. The van der Waals surface area contributed by atoms with E-state index in [0.717, 1.165) is 48.3 Å². The molecule has 1 fully saturated rings. The molecule has 29 heavy (non-hydrogen) atoms. The number of rotatable bonds is 7. The second-order valence-corrected chi connectivity index (χ2v) is 7.95. The van der Waals surface area contributed by atoms with Crippen LogP contribution in [0.4, 0.5) is 5.69 Å². The average molecular weight is 420 g/mol. The smallest absolute Gasteiger partial charge is 0.238 e. The van der Waals surface area contributed by atoms with Gasteiger partial charge < -0.3 is 10.6 Å². The molecule has 7 heteroatoms. The summed E-state index contributed by atoms with van der Waals surface area (Å²) in [6, 6.07) is 8.26. The molecule has 0 spiro atoms. The average Bonchev–Trinajstić information content (AvgIpc) is 2.96. The van der Waals surface area contributed by atoms with Crippen molar-refractivity contribution in [1.82, 2.24) is 20.0 Å². The van der Waals surface area contributed by atoms with Crippen LogP contribution in [0.3, 0.4) is 0 Å². The molecule has 0 radical (unpaired) electrons. The largest absolute Gasteiger partial charge is 0.322 e. The van der Waals surface area contributed by atoms with Gasteiger partial charge in [0.1, 0.15) is 0 Å². The van der Waals surface area contributed by atoms with E-state index in [1.54, 1.807) is 0 Å². The van der Waals surface area contributed by atoms with Crippen LogP contribution >= 0.6 is 12.4 Å². The fourth-order valence-electron chi connectivity index (χ4n) is 3.92. The lowest BCUT2D eigenvalue weighted by molar-refractivity contribution is -0.117. The monoisotopic (exact) mass is 419 g/mol. The summed E-state index contributed by atoms with van der Waals surface area (Å²) in [6.07, 6.45) is 3.59. The molecule has 2 N–H and O–H groups in total. The molecule has 1 aliphatic heterocycles. The molecule has 0 atom stereocenters. The maximum Gasteiger partial charge on any atom is 0.238 e. The number of hydrogen-bond donors (Lipinski definition) is 2. The van der Waals surface area contributed by atoms with E-state index in [1.165, 1.54) is 24.8 Å². The van der Waals surface area contributed by atoms with E-state index in [0.29, 0.717) is 6.54 Å². The first-order valence-corrected chi connectivity index (χ1v) is 10.3. The van der Waals surface area contributed by atoms with Crippen molar-refractivity contribution in [2.75, 3.05) is 38.5 Å². The van der Waals surface area contributed by atoms with E-state index in [4.69, 9.17) is 0 Å². The van der Waals surface area contributed by atoms with Gasteiger partial charge >= 0.3 is 0 Å². The Morgan fingerprint density at radius 3 is 2.41 bits per heavy atom. The minimum atomic E-state index is 0. The molecular formula is C22H34ClN5O. The zero-order chi connectivity index (χ0) is 20.1. The second kappa shape index (κ2) is 10.8. The summed E-state index contributed by atoms with van der Waals surface area (Å²) in [4.78, 5) is 14.9. The predicted molar refractivity (Wildman–Crippen MR) is 121 cm³/mol. The number of hydrogen-bond acceptors (Lipinski definition) is 4. The highest BCUT2D eigenvalue weighted by molar-refractivity contribution is 5.93. The number of likely N-dealkylation sites (tertiary alicyclic amines) is 1. The quantitative estimate of drug-likeness (QED) is 0.721. The summed E-state index contributed by atoms with van der Waals surface area (Å²) in [6.45, 7) is 9.55. The van der Waals surface area contributed by atoms with Crippen molar-refractivity contribution in [1.29, 1.82) is 0 Å². The molecular weight excluding hydrogens is 386 g/mol. The number of amides is 1. The van der Waals surface area contributed by atoms with Crippen LogP contribution < -0.4 is 10.6 Å². The summed E-state index contributed by atoms with van der Waals surface area (Å²) in [5.74, 6) is 0.826. The van der Waals surface area contributed by atoms with E-state index in [-0.39, 0.29) is 18.3 Å². The Balaban J connectivity index is 0.00000300. The molecule has 1 saturated heterocycles. The predicted octanol–water partition coefficient (Wildman–Crippen LogP) is 3.48. The standard InChI is InChI=1S/C22H33N5O.ClH/c1-16-5-7-20(8-6-16)27-18(3)22(17(2)25-27)24-21(28)15-26-13-10-19(11-14-26)9-12-23-4;/h5-8,19,23H,9-15H2,1-4H3,(H,24,28);1H. The van der Waals surface area contributed by atoms with Crippen molar-refractivity contribution in [3.8, 4) is 5.69 Å². The highest BCUT2D eigenvalue weighted by Gasteiger charge is 2.22. The number of benzene rings is 1. The van der Waals surface area contributed by atoms with Crippen LogP contribution in [0.15, 0.2) is 24.3 Å². The van der Waals surface area contributed by atoms with Gasteiger partial charge in [-0.05, 0) is 84.8 Å². The molecule has 3 rings (SSSR count). The number of carbonyl (C=O) groups excluding carboxylic acids is 1. The zero-order valence-electron chi connectivity index (χ0n) is 18.0. The molecule has 2 aromatic rings. The van der Waals surface area contributed by atoms with Crippen LogP contribution in [0.1, 0.15) is 36.2 Å². The summed E-state index contributed by atoms with van der Waals surface area (Å²) in [7, 11) is 2.00. The SMILES string of the molecule is CNCCC1CCN(CC(=O)Nc2c(C)nn(-c3ccc(C)cc3)c2C)CC1.Cl. The van der Waals surface area contributed by atoms with Gasteiger partial charge in [0.25, 0.3) is 0 Å². The van der Waals surface area contributed by atoms with Crippen molar-refractivity contribution < 1.29 is 4.79 Å². The normalized spacial score (nSPS) is 15.2. The maximum atomic E-state index is 12.6. The van der Waals surface area contributed by atoms with Gasteiger partial charge in [-0.1, -0.05) is 17.7 Å². The molecule has 160 valence electrons. The van der Waals surface area contributed by atoms with E-state index < -0.39 is 0 Å². The number of aryl methyl sites for hydroxylation is 2. The number of halogens is 1. The Labute approximate surface area is 180 Å². The first-order chi connectivity index (χ1) is 13.5. The lowest BCUT2D eigenvalue weighted by Crippen LogP contribution is -2.39. The van der Waals surface area contributed by atoms with Gasteiger partial charge in [-0.15, -0.1) is 12.4 Å². The first-order valence-electron chi connectivity index (χ1n) is 10.3. The third-order valence-corrected chi connectivity index (χ3v) is 5.71. The zero-order valence-corrected chi connectivity index (χ0v) is 18.8. The third-order valence-electron chi connectivity index (χ3n) is 5.71. The van der Waals surface area contributed by atoms with Crippen molar-refractivity contribution in [3.05, 3.63) is 41.2 Å². The van der Waals surface area contributed by atoms with Crippen LogP contribution in [0.2, 0.25) is 0 Å². The number of anilines is 1. The molecule has 0 unspecified atom stereocenters. The molecule has 0 bridgehead atoms. The van der Waals surface area contributed by atoms with Gasteiger partial charge in [0.15, 0.2) is 0 Å². The molecule has 0 aliphatic carbocycles. The summed E-state index contributed by atoms with van der Waals surface area (Å²) >= 11 is 0. The fraction of sp³-hybridized carbons (Fsp3) is 0.545. The first kappa shape index (κ1) is 23.4. The Morgan fingerprint density at radius 1 is 1.14 bits per heavy atom. The minimum absolute atomic E-state index is 0. The Kier molecular flexibility index (Phi) is 8.68. The Hall–Kier alpha value is -1.89. The van der Waals surface area contributed by atoms with Gasteiger partial charge in [-0.3, -0.25) is 9.69 Å². The Bertz CT molecular complexity index is 794. The summed E-state index contributed by atoms with van der Waals surface area (Å²) in [5, 5.41) is 11.0. The van der Waals surface area contributed by atoms with Crippen molar-refractivity contribution in [2.45, 2.75) is 40.0 Å². The van der Waals surface area contributed by atoms with Crippen molar-refractivity contribution in [3.63, 3.8) is 0 Å². The topological polar surface area (TPSA) is 62.2 Å². The van der Waals surface area contributed by atoms with Crippen molar-refractivity contribution >= 4 is 24.0 Å². The van der Waals surface area contributed by atoms with Crippen LogP contribution in [0, 0.1) is 26.7 Å². The van der Waals surface area contributed by atoms with Gasteiger partial charge in [0.2, 0.25) is 5.91 Å². The minimum Gasteiger partial charge on any atom is -0.322 e. The summed E-state index contributed by atoms with van der Waals surface area (Å²) < 4.78 is 1.90. The van der Waals surface area contributed by atoms with Crippen LogP contribution in [-0.4, -0.2) is 53.8 Å². The van der Waals surface area contributed by atoms with Gasteiger partial charge in [-0.2, -0.15) is 5.10 Å². The summed E-state index contributed by atoms with van der Waals surface area (Å²) in [5.41, 5.74) is 4.86. The number of nitrogens with one attached hydrogen (secondary N) is 2. The van der Waals surface area contributed by atoms with E-state index in [2.05, 4.69) is 51.8 Å². The third kappa shape index (κ3) is 6.04. The van der Waals surface area contributed by atoms with Gasteiger partial charge in [0, 0.05) is 0 Å². The number of nitrogens with zero attached hydrogens (tertiary/aromatic N) is 3. The molecule has 1 aromatic heterocycles. The molecule has 6 nitrogen and oxygen atoms in total. The van der Waals surface area contributed by atoms with Gasteiger partial charge in [-0.25, -0.2) is 4.68 Å². The lowest BCUT2D eigenvalue weighted by atomic mass is 9.93. The van der Waals surface area contributed by atoms with E-state index >= 15 is 0 Å². The number of carbonyl (C=O) groups is 1. The lowest BCUT2D eigenvalue weighted by Gasteiger charge is -2.31. The fourth-order valence-corrected chi connectivity index (χ4v) is 3.92. The molecule has 0 saturated carbocycles. The number of aromatic nitrogens is 2. The van der Waals surface area contributed by atoms with E-state index in [9.17, 15) is 4.79 Å². The molecule has 1 aliphatic rings. The maximum absolute atomic E-state index is 12.6. The highest BCUT2D eigenvalue weighted by atomic mass is 35.5.